The standard InChI is InChI=1S/C10H14N2S/c1-2-8-5-7(1)10(12-8)6-9-3-4-11-13-9/h3-4,7-8,10,12H,1-2,5-6H2. The number of rotatable bonds is 2. The normalized spacial score (nSPS) is 37.1. The van der Waals surface area contributed by atoms with Crippen molar-refractivity contribution in [3.8, 4) is 0 Å². The summed E-state index contributed by atoms with van der Waals surface area (Å²) in [7, 11) is 0. The van der Waals surface area contributed by atoms with Crippen molar-refractivity contribution in [3.63, 3.8) is 0 Å². The van der Waals surface area contributed by atoms with Gasteiger partial charge in [0.15, 0.2) is 0 Å². The van der Waals surface area contributed by atoms with Crippen molar-refractivity contribution >= 4 is 11.5 Å². The molecule has 1 saturated heterocycles. The summed E-state index contributed by atoms with van der Waals surface area (Å²) >= 11 is 1.65. The molecule has 3 unspecified atom stereocenters. The number of nitrogens with one attached hydrogen (secondary N) is 1. The highest BCUT2D eigenvalue weighted by Gasteiger charge is 2.38. The lowest BCUT2D eigenvalue weighted by atomic mass is 9.97. The van der Waals surface area contributed by atoms with Gasteiger partial charge in [0.05, 0.1) is 0 Å². The molecule has 1 saturated carbocycles. The highest BCUT2D eigenvalue weighted by molar-refractivity contribution is 7.05. The Balaban J connectivity index is 1.68. The summed E-state index contributed by atoms with van der Waals surface area (Å²) in [5.41, 5.74) is 0. The number of hydrogen-bond donors (Lipinski definition) is 1. The molecule has 2 nitrogen and oxygen atoms in total. The van der Waals surface area contributed by atoms with Gasteiger partial charge in [-0.1, -0.05) is 0 Å². The molecular formula is C10H14N2S. The van der Waals surface area contributed by atoms with Crippen molar-refractivity contribution in [2.75, 3.05) is 0 Å². The molecular weight excluding hydrogens is 180 g/mol. The molecule has 2 aliphatic rings. The van der Waals surface area contributed by atoms with Crippen LogP contribution < -0.4 is 5.32 Å². The van der Waals surface area contributed by atoms with Gasteiger partial charge in [0, 0.05) is 23.2 Å². The summed E-state index contributed by atoms with van der Waals surface area (Å²) in [5, 5.41) is 3.71. The van der Waals surface area contributed by atoms with Crippen LogP contribution in [0.15, 0.2) is 12.3 Å². The Morgan fingerprint density at radius 3 is 3.15 bits per heavy atom. The van der Waals surface area contributed by atoms with Crippen LogP contribution in [0.1, 0.15) is 24.1 Å². The topological polar surface area (TPSA) is 24.9 Å². The molecule has 13 heavy (non-hydrogen) atoms. The lowest BCUT2D eigenvalue weighted by Gasteiger charge is -2.22. The number of piperidine rings is 1. The van der Waals surface area contributed by atoms with Crippen LogP contribution in [0.4, 0.5) is 0 Å². The quantitative estimate of drug-likeness (QED) is 0.777. The van der Waals surface area contributed by atoms with E-state index in [0.29, 0.717) is 0 Å². The van der Waals surface area contributed by atoms with Crippen LogP contribution in [0.5, 0.6) is 0 Å². The summed E-state index contributed by atoms with van der Waals surface area (Å²) in [6.07, 6.45) is 7.38. The first kappa shape index (κ1) is 7.94. The molecule has 1 N–H and O–H groups in total. The van der Waals surface area contributed by atoms with E-state index in [4.69, 9.17) is 0 Å². The first-order valence-corrected chi connectivity index (χ1v) is 5.85. The molecule has 3 rings (SSSR count). The summed E-state index contributed by atoms with van der Waals surface area (Å²) in [5.74, 6) is 0.951. The van der Waals surface area contributed by atoms with Crippen LogP contribution in [-0.2, 0) is 6.42 Å². The molecule has 0 radical (unpaired) electrons. The Kier molecular flexibility index (Phi) is 1.87. The minimum absolute atomic E-state index is 0.749. The summed E-state index contributed by atoms with van der Waals surface area (Å²) in [6.45, 7) is 0. The van der Waals surface area contributed by atoms with Gasteiger partial charge < -0.3 is 5.32 Å². The molecule has 3 atom stereocenters. The SMILES string of the molecule is c1cc(CC2NC3CCC2C3)sn1. The van der Waals surface area contributed by atoms with Gasteiger partial charge in [-0.3, -0.25) is 0 Å². The number of nitrogens with zero attached hydrogens (tertiary/aromatic N) is 1. The Morgan fingerprint density at radius 2 is 2.54 bits per heavy atom. The predicted octanol–water partition coefficient (Wildman–Crippen LogP) is 1.83. The lowest BCUT2D eigenvalue weighted by Crippen LogP contribution is -2.36. The van der Waals surface area contributed by atoms with Crippen LogP contribution in [-0.4, -0.2) is 16.5 Å². The second-order valence-corrected chi connectivity index (χ2v) is 5.14. The summed E-state index contributed by atoms with van der Waals surface area (Å²) < 4.78 is 4.14. The van der Waals surface area contributed by atoms with E-state index in [1.54, 1.807) is 11.5 Å². The summed E-state index contributed by atoms with van der Waals surface area (Å²) in [6, 6.07) is 3.74. The third-order valence-corrected chi connectivity index (χ3v) is 4.17. The van der Waals surface area contributed by atoms with Gasteiger partial charge in [-0.15, -0.1) is 0 Å². The number of hydrogen-bond acceptors (Lipinski definition) is 3. The minimum Gasteiger partial charge on any atom is -0.311 e. The van der Waals surface area contributed by atoms with Gasteiger partial charge in [0.1, 0.15) is 0 Å². The van der Waals surface area contributed by atoms with Crippen molar-refractivity contribution in [1.29, 1.82) is 0 Å². The fraction of sp³-hybridized carbons (Fsp3) is 0.700. The van der Waals surface area contributed by atoms with Gasteiger partial charge in [-0.25, -0.2) is 4.37 Å². The molecule has 1 aliphatic carbocycles. The van der Waals surface area contributed by atoms with Crippen LogP contribution in [0.2, 0.25) is 0 Å². The average molecular weight is 194 g/mol. The molecule has 0 spiro atoms. The maximum Gasteiger partial charge on any atom is 0.0409 e. The Bertz CT molecular complexity index is 283. The van der Waals surface area contributed by atoms with Gasteiger partial charge >= 0.3 is 0 Å². The molecule has 1 aromatic heterocycles. The molecule has 2 fully saturated rings. The largest absolute Gasteiger partial charge is 0.311 e. The van der Waals surface area contributed by atoms with E-state index in [2.05, 4.69) is 15.8 Å². The first-order chi connectivity index (χ1) is 6.42. The van der Waals surface area contributed by atoms with Gasteiger partial charge in [0.25, 0.3) is 0 Å². The minimum atomic E-state index is 0.749. The van der Waals surface area contributed by atoms with Crippen LogP contribution in [0.3, 0.4) is 0 Å². The van der Waals surface area contributed by atoms with Crippen molar-refractivity contribution in [3.05, 3.63) is 17.1 Å². The van der Waals surface area contributed by atoms with E-state index in [0.717, 1.165) is 18.0 Å². The van der Waals surface area contributed by atoms with Gasteiger partial charge in [-0.05, 0) is 49.2 Å². The highest BCUT2D eigenvalue weighted by Crippen LogP contribution is 2.36. The first-order valence-electron chi connectivity index (χ1n) is 5.07. The highest BCUT2D eigenvalue weighted by atomic mass is 32.1. The Morgan fingerprint density at radius 1 is 1.54 bits per heavy atom. The zero-order chi connectivity index (χ0) is 8.67. The smallest absolute Gasteiger partial charge is 0.0409 e. The van der Waals surface area contributed by atoms with E-state index in [9.17, 15) is 0 Å². The van der Waals surface area contributed by atoms with Crippen molar-refractivity contribution in [2.45, 2.75) is 37.8 Å². The Labute approximate surface area is 82.5 Å². The zero-order valence-electron chi connectivity index (χ0n) is 7.57. The molecule has 0 amide bonds. The molecule has 1 aromatic rings. The number of aromatic nitrogens is 1. The molecule has 70 valence electrons. The van der Waals surface area contributed by atoms with Crippen molar-refractivity contribution in [1.82, 2.24) is 9.69 Å². The average Bonchev–Trinajstić information content (AvgIpc) is 2.77. The third kappa shape index (κ3) is 1.40. The van der Waals surface area contributed by atoms with Gasteiger partial charge in [-0.2, -0.15) is 0 Å². The number of fused-ring (bicyclic) bond motifs is 2. The maximum absolute atomic E-state index is 4.14. The van der Waals surface area contributed by atoms with Gasteiger partial charge in [0.2, 0.25) is 0 Å². The molecule has 2 bridgehead atoms. The second kappa shape index (κ2) is 3.07. The maximum atomic E-state index is 4.14. The molecule has 2 heterocycles. The van der Waals surface area contributed by atoms with Crippen molar-refractivity contribution < 1.29 is 0 Å². The van der Waals surface area contributed by atoms with Crippen molar-refractivity contribution in [2.24, 2.45) is 5.92 Å². The zero-order valence-corrected chi connectivity index (χ0v) is 8.39. The molecule has 0 aromatic carbocycles. The predicted molar refractivity (Wildman–Crippen MR) is 53.9 cm³/mol. The van der Waals surface area contributed by atoms with Crippen LogP contribution in [0, 0.1) is 5.92 Å². The second-order valence-electron chi connectivity index (χ2n) is 4.23. The monoisotopic (exact) mass is 194 g/mol. The van der Waals surface area contributed by atoms with E-state index in [1.165, 1.54) is 30.6 Å². The fourth-order valence-corrected chi connectivity index (χ4v) is 3.39. The summed E-state index contributed by atoms with van der Waals surface area (Å²) in [4.78, 5) is 1.44. The molecule has 1 aliphatic heterocycles. The third-order valence-electron chi connectivity index (χ3n) is 3.40. The van der Waals surface area contributed by atoms with E-state index in [1.807, 2.05) is 6.20 Å². The van der Waals surface area contributed by atoms with Crippen LogP contribution in [0.25, 0.3) is 0 Å². The fourth-order valence-electron chi connectivity index (χ4n) is 2.76. The van der Waals surface area contributed by atoms with Crippen LogP contribution >= 0.6 is 11.5 Å². The van der Waals surface area contributed by atoms with E-state index >= 15 is 0 Å². The van der Waals surface area contributed by atoms with E-state index < -0.39 is 0 Å². The lowest BCUT2D eigenvalue weighted by molar-refractivity contribution is 0.381. The van der Waals surface area contributed by atoms with E-state index in [-0.39, 0.29) is 0 Å². The molecule has 3 heteroatoms. The Hall–Kier alpha value is -0.410.